The third-order valence-corrected chi connectivity index (χ3v) is 4.46. The second-order valence-corrected chi connectivity index (χ2v) is 6.66. The topological polar surface area (TPSA) is 42.5 Å². The number of hydrogen-bond acceptors (Lipinski definition) is 4. The van der Waals surface area contributed by atoms with E-state index in [9.17, 15) is 0 Å². The molecule has 2 atom stereocenters. The minimum Gasteiger partial charge on any atom is -0.489 e. The van der Waals surface area contributed by atoms with Crippen molar-refractivity contribution in [3.63, 3.8) is 0 Å². The summed E-state index contributed by atoms with van der Waals surface area (Å²) in [5.74, 6) is 0.907. The zero-order valence-electron chi connectivity index (χ0n) is 14.9. The van der Waals surface area contributed by atoms with Gasteiger partial charge in [-0.15, -0.1) is 0 Å². The highest BCUT2D eigenvalue weighted by Gasteiger charge is 2.15. The van der Waals surface area contributed by atoms with E-state index in [0.29, 0.717) is 18.7 Å². The van der Waals surface area contributed by atoms with Gasteiger partial charge in [-0.05, 0) is 36.6 Å². The Hall–Kier alpha value is -1.88. The van der Waals surface area contributed by atoms with Gasteiger partial charge in [-0.1, -0.05) is 42.5 Å². The minimum atomic E-state index is 0.452. The summed E-state index contributed by atoms with van der Waals surface area (Å²) in [7, 11) is 0. The van der Waals surface area contributed by atoms with Crippen LogP contribution in [0.2, 0.25) is 0 Å². The minimum absolute atomic E-state index is 0.452. The molecule has 3 rings (SSSR count). The van der Waals surface area contributed by atoms with Crippen LogP contribution in [0, 0.1) is 0 Å². The summed E-state index contributed by atoms with van der Waals surface area (Å²) in [4.78, 5) is 0. The third-order valence-electron chi connectivity index (χ3n) is 4.46. The van der Waals surface area contributed by atoms with Crippen molar-refractivity contribution in [2.75, 3.05) is 19.8 Å². The molecule has 2 aromatic rings. The smallest absolute Gasteiger partial charge is 0.119 e. The maximum atomic E-state index is 5.83. The van der Waals surface area contributed by atoms with E-state index >= 15 is 0 Å². The molecule has 25 heavy (non-hydrogen) atoms. The van der Waals surface area contributed by atoms with Gasteiger partial charge in [0.05, 0.1) is 13.2 Å². The van der Waals surface area contributed by atoms with Gasteiger partial charge in [-0.2, -0.15) is 0 Å². The largest absolute Gasteiger partial charge is 0.489 e. The quantitative estimate of drug-likeness (QED) is 0.775. The fraction of sp³-hybridized carbons (Fsp3) is 0.429. The van der Waals surface area contributed by atoms with E-state index < -0.39 is 0 Å². The lowest BCUT2D eigenvalue weighted by atomic mass is 10.1. The predicted octanol–water partition coefficient (Wildman–Crippen LogP) is 3.12. The van der Waals surface area contributed by atoms with Gasteiger partial charge in [-0.3, -0.25) is 0 Å². The van der Waals surface area contributed by atoms with Crippen LogP contribution in [0.15, 0.2) is 54.6 Å². The lowest BCUT2D eigenvalue weighted by Gasteiger charge is -2.26. The van der Waals surface area contributed by atoms with Crippen LogP contribution in [-0.4, -0.2) is 31.8 Å². The molecule has 1 aliphatic heterocycles. The van der Waals surface area contributed by atoms with Crippen molar-refractivity contribution in [3.8, 4) is 5.75 Å². The highest BCUT2D eigenvalue weighted by molar-refractivity contribution is 5.27. The molecule has 1 aliphatic rings. The third kappa shape index (κ3) is 6.16. The molecule has 1 fully saturated rings. The first-order valence-electron chi connectivity index (χ1n) is 9.10. The number of ether oxygens (including phenoxy) is 2. The number of nitrogens with one attached hydrogen (secondary N) is 2. The number of hydrogen-bond donors (Lipinski definition) is 2. The first-order valence-corrected chi connectivity index (χ1v) is 9.10. The van der Waals surface area contributed by atoms with Gasteiger partial charge in [-0.25, -0.2) is 0 Å². The van der Waals surface area contributed by atoms with Gasteiger partial charge in [0.2, 0.25) is 0 Å². The Morgan fingerprint density at radius 1 is 1.12 bits per heavy atom. The van der Waals surface area contributed by atoms with Crippen molar-refractivity contribution >= 4 is 0 Å². The SMILES string of the molecule is CC(CC1COCCN1)NCc1ccc(OCc2ccccc2)cc1. The van der Waals surface area contributed by atoms with Crippen molar-refractivity contribution in [3.05, 3.63) is 65.7 Å². The maximum Gasteiger partial charge on any atom is 0.119 e. The Morgan fingerprint density at radius 3 is 2.64 bits per heavy atom. The monoisotopic (exact) mass is 340 g/mol. The Labute approximate surface area is 150 Å². The molecule has 1 heterocycles. The van der Waals surface area contributed by atoms with Crippen molar-refractivity contribution in [2.45, 2.75) is 38.6 Å². The fourth-order valence-electron chi connectivity index (χ4n) is 3.02. The fourth-order valence-corrected chi connectivity index (χ4v) is 3.02. The second kappa shape index (κ2) is 9.56. The molecule has 2 N–H and O–H groups in total. The molecule has 0 spiro atoms. The Balaban J connectivity index is 1.39. The van der Waals surface area contributed by atoms with E-state index in [4.69, 9.17) is 9.47 Å². The normalized spacial score (nSPS) is 18.7. The molecule has 4 nitrogen and oxygen atoms in total. The summed E-state index contributed by atoms with van der Waals surface area (Å²) in [6.45, 7) is 6.31. The summed E-state index contributed by atoms with van der Waals surface area (Å²) >= 11 is 0. The number of rotatable bonds is 8. The highest BCUT2D eigenvalue weighted by Crippen LogP contribution is 2.14. The number of benzene rings is 2. The van der Waals surface area contributed by atoms with Crippen LogP contribution in [0.1, 0.15) is 24.5 Å². The molecular weight excluding hydrogens is 312 g/mol. The van der Waals surface area contributed by atoms with Gasteiger partial charge in [0.15, 0.2) is 0 Å². The zero-order chi connectivity index (χ0) is 17.3. The zero-order valence-corrected chi connectivity index (χ0v) is 14.9. The van der Waals surface area contributed by atoms with Crippen molar-refractivity contribution < 1.29 is 9.47 Å². The van der Waals surface area contributed by atoms with Gasteiger partial charge < -0.3 is 20.1 Å². The summed E-state index contributed by atoms with van der Waals surface area (Å²) in [5.41, 5.74) is 2.45. The molecule has 2 aromatic carbocycles. The first kappa shape index (κ1) is 17.9. The molecule has 1 saturated heterocycles. The van der Waals surface area contributed by atoms with E-state index in [1.54, 1.807) is 0 Å². The van der Waals surface area contributed by atoms with Crippen LogP contribution < -0.4 is 15.4 Å². The predicted molar refractivity (Wildman–Crippen MR) is 101 cm³/mol. The molecule has 0 bridgehead atoms. The first-order chi connectivity index (χ1) is 12.3. The van der Waals surface area contributed by atoms with E-state index in [2.05, 4.69) is 41.8 Å². The van der Waals surface area contributed by atoms with E-state index in [1.165, 1.54) is 11.1 Å². The van der Waals surface area contributed by atoms with Gasteiger partial charge in [0.1, 0.15) is 12.4 Å². The van der Waals surface area contributed by atoms with Crippen LogP contribution in [0.25, 0.3) is 0 Å². The standard InChI is InChI=1S/C21H28N2O2/c1-17(13-20-16-24-12-11-22-20)23-14-18-7-9-21(10-8-18)25-15-19-5-3-2-4-6-19/h2-10,17,20,22-23H,11-16H2,1H3. The van der Waals surface area contributed by atoms with Crippen molar-refractivity contribution in [1.82, 2.24) is 10.6 Å². The summed E-state index contributed by atoms with van der Waals surface area (Å²) in [5, 5.41) is 7.09. The highest BCUT2D eigenvalue weighted by atomic mass is 16.5. The van der Waals surface area contributed by atoms with Gasteiger partial charge in [0.25, 0.3) is 0 Å². The molecule has 4 heteroatoms. The molecular formula is C21H28N2O2. The van der Waals surface area contributed by atoms with E-state index in [-0.39, 0.29) is 0 Å². The van der Waals surface area contributed by atoms with Crippen LogP contribution in [0.5, 0.6) is 5.75 Å². The average molecular weight is 340 g/mol. The molecule has 2 unspecified atom stereocenters. The lowest BCUT2D eigenvalue weighted by molar-refractivity contribution is 0.0712. The van der Waals surface area contributed by atoms with Crippen LogP contribution in [0.3, 0.4) is 0 Å². The lowest BCUT2D eigenvalue weighted by Crippen LogP contribution is -2.44. The van der Waals surface area contributed by atoms with Crippen LogP contribution in [0.4, 0.5) is 0 Å². The van der Waals surface area contributed by atoms with Crippen LogP contribution >= 0.6 is 0 Å². The molecule has 0 radical (unpaired) electrons. The van der Waals surface area contributed by atoms with Gasteiger partial charge in [0, 0.05) is 25.2 Å². The molecule has 134 valence electrons. The summed E-state index contributed by atoms with van der Waals surface area (Å²) in [6.07, 6.45) is 1.08. The van der Waals surface area contributed by atoms with E-state index in [0.717, 1.165) is 38.5 Å². The Kier molecular flexibility index (Phi) is 6.86. The Morgan fingerprint density at radius 2 is 1.92 bits per heavy atom. The molecule has 0 aromatic heterocycles. The molecule has 0 saturated carbocycles. The number of morpholine rings is 1. The summed E-state index contributed by atoms with van der Waals surface area (Å²) < 4.78 is 11.3. The van der Waals surface area contributed by atoms with Gasteiger partial charge >= 0.3 is 0 Å². The summed E-state index contributed by atoms with van der Waals surface area (Å²) in [6, 6.07) is 19.5. The van der Waals surface area contributed by atoms with Crippen molar-refractivity contribution in [1.29, 1.82) is 0 Å². The van der Waals surface area contributed by atoms with Crippen LogP contribution in [-0.2, 0) is 17.9 Å². The maximum absolute atomic E-state index is 5.83. The van der Waals surface area contributed by atoms with E-state index in [1.807, 2.05) is 30.3 Å². The molecule has 0 amide bonds. The Bertz CT molecular complexity index is 610. The molecule has 0 aliphatic carbocycles. The second-order valence-electron chi connectivity index (χ2n) is 6.66. The average Bonchev–Trinajstić information content (AvgIpc) is 2.67. The van der Waals surface area contributed by atoms with Crippen molar-refractivity contribution in [2.24, 2.45) is 0 Å².